The summed E-state index contributed by atoms with van der Waals surface area (Å²) in [7, 11) is 0. The van der Waals surface area contributed by atoms with Crippen LogP contribution in [0.5, 0.6) is 0 Å². The molecule has 0 saturated heterocycles. The average Bonchev–Trinajstić information content (AvgIpc) is 1.48. The lowest BCUT2D eigenvalue weighted by Crippen LogP contribution is -2.52. The lowest BCUT2D eigenvalue weighted by atomic mass is 9.43. The van der Waals surface area contributed by atoms with Crippen LogP contribution in [-0.4, -0.2) is 28.7 Å². The zero-order valence-corrected chi connectivity index (χ0v) is 48.6. The molecule has 2 bridgehead atoms. The van der Waals surface area contributed by atoms with Crippen LogP contribution in [0.4, 0.5) is 0 Å². The first-order chi connectivity index (χ1) is 45.3. The fourth-order valence-corrected chi connectivity index (χ4v) is 24.6. The van der Waals surface area contributed by atoms with E-state index in [2.05, 4.69) is 228 Å². The molecule has 17 aromatic rings. The van der Waals surface area contributed by atoms with Crippen molar-refractivity contribution in [1.29, 1.82) is 0 Å². The van der Waals surface area contributed by atoms with Gasteiger partial charge in [-0.05, 0) is 111 Å². The largest absolute Gasteiger partial charge is 0.305 e. The van der Waals surface area contributed by atoms with Gasteiger partial charge in [0.25, 0.3) is 0 Å². The van der Waals surface area contributed by atoms with Crippen molar-refractivity contribution in [3.63, 3.8) is 0 Å². The molecule has 0 saturated carbocycles. The highest BCUT2D eigenvalue weighted by atomic mass is 15.0. The Kier molecular flexibility index (Phi) is 6.37. The number of fused-ring (bicyclic) bond motifs is 38. The van der Waals surface area contributed by atoms with Crippen LogP contribution in [0.3, 0.4) is 0 Å². The van der Waals surface area contributed by atoms with Gasteiger partial charge < -0.3 is 8.80 Å². The number of nitrogens with zero attached hydrogens (tertiary/aromatic N) is 6. The number of hydrogen-bond donors (Lipinski definition) is 0. The first-order valence-electron chi connectivity index (χ1n) is 33.0. The van der Waals surface area contributed by atoms with E-state index in [-0.39, 0.29) is 63.6 Å². The van der Waals surface area contributed by atoms with E-state index in [4.69, 9.17) is 19.9 Å². The highest BCUT2D eigenvalue weighted by molar-refractivity contribution is 6.46. The van der Waals surface area contributed by atoms with Crippen LogP contribution in [-0.2, 0) is 16.2 Å². The van der Waals surface area contributed by atoms with Crippen LogP contribution in [0.25, 0.3) is 76.2 Å². The first kappa shape index (κ1) is 43.8. The Labute approximate surface area is 518 Å². The van der Waals surface area contributed by atoms with E-state index in [1.165, 1.54) is 210 Å². The lowest BCUT2D eigenvalue weighted by molar-refractivity contribution is 0.331. The Morgan fingerprint density at radius 1 is 0.231 bits per heavy atom. The molecule has 414 valence electrons. The van der Waals surface area contributed by atoms with Crippen molar-refractivity contribution in [3.8, 4) is 0 Å². The standard InChI is InChI=1S/C85H44N6/c1-3-19-39-37(17-1)57-38-18-2-4-20-40(38)58(39)77-63(57)59-53(33-86-77)90-54-34-87-79-69(72-42-22-6-12-28-48(42)84(72)51-31-15-9-25-45(51)75(79)84)61(54)66-67-62-56(36-89-80-70(62)73-43-23-7-13-29-49(43)85(73)52-32-16-10-26-46(52)76(80)85)91-55-35-88-78-68(60(55)65(82(67)91)64(59)81(66)90)71-41-21-5-11-27-47(41)83(71)50-30-14-8-24-44(50)74(78)83/h1-36,57-58,71-76H. The van der Waals surface area contributed by atoms with E-state index in [0.29, 0.717) is 0 Å². The van der Waals surface area contributed by atoms with E-state index in [0.717, 1.165) is 0 Å². The Morgan fingerprint density at radius 2 is 0.473 bits per heavy atom. The minimum atomic E-state index is -0.177. The molecule has 12 aliphatic carbocycles. The topological polar surface area (TPSA) is 60.4 Å². The molecule has 0 fully saturated rings. The van der Waals surface area contributed by atoms with Gasteiger partial charge in [0.15, 0.2) is 0 Å². The van der Waals surface area contributed by atoms with Crippen molar-refractivity contribution in [1.82, 2.24) is 28.7 Å². The first-order valence-corrected chi connectivity index (χ1v) is 33.0. The molecular formula is C85H44N6. The monoisotopic (exact) mass is 1150 g/mol. The summed E-state index contributed by atoms with van der Waals surface area (Å²) in [5.74, 6) is 0.928. The highest BCUT2D eigenvalue weighted by Crippen LogP contribution is 2.82. The summed E-state index contributed by atoms with van der Waals surface area (Å²) in [6.07, 6.45) is 9.28. The van der Waals surface area contributed by atoms with Gasteiger partial charge in [0.2, 0.25) is 0 Å². The third kappa shape index (κ3) is 3.78. The third-order valence-corrected chi connectivity index (χ3v) is 26.9. The SMILES string of the molecule is c1ccc2c(c1)C1c3ccccc3C2c2c1ncc1c2c2c3c4c5c(ncc4n4c6cnc7c(c6c(c6c8c9c(ncc8n1c26)C1c2ccccc2C12c1ccccc1C92)c34)C1c2ccccc2C12c1ccccc1C72)C1c2ccccc2C12c1ccccc1C52. The van der Waals surface area contributed by atoms with E-state index >= 15 is 0 Å². The Morgan fingerprint density at radius 3 is 0.780 bits per heavy atom. The molecule has 3 spiro atoms. The molecule has 0 aliphatic heterocycles. The van der Waals surface area contributed by atoms with Gasteiger partial charge in [0.1, 0.15) is 0 Å². The number of hydrogen-bond acceptors (Lipinski definition) is 4. The molecule has 9 unspecified atom stereocenters. The molecule has 0 amide bonds. The molecule has 0 radical (unpaired) electrons. The maximum absolute atomic E-state index is 5.93. The fraction of sp³-hybridized carbons (Fsp3) is 0.129. The summed E-state index contributed by atoms with van der Waals surface area (Å²) < 4.78 is 5.45. The van der Waals surface area contributed by atoms with Crippen LogP contribution in [0, 0.1) is 0 Å². The summed E-state index contributed by atoms with van der Waals surface area (Å²) in [6, 6.07) is 75.1. The molecule has 9 aromatic carbocycles. The maximum Gasteiger partial charge on any atom is 0.0729 e. The Hall–Kier alpha value is -10.8. The van der Waals surface area contributed by atoms with Crippen molar-refractivity contribution in [2.45, 2.75) is 63.6 Å². The van der Waals surface area contributed by atoms with Gasteiger partial charge in [-0.1, -0.05) is 194 Å². The molecule has 29 rings (SSSR count). The van der Waals surface area contributed by atoms with Crippen LogP contribution >= 0.6 is 0 Å². The van der Waals surface area contributed by atoms with Crippen molar-refractivity contribution >= 4 is 76.2 Å². The van der Waals surface area contributed by atoms with Gasteiger partial charge in [0, 0.05) is 101 Å². The molecule has 8 aromatic heterocycles. The molecule has 8 heterocycles. The van der Waals surface area contributed by atoms with Gasteiger partial charge in [0.05, 0.1) is 86.6 Å². The molecule has 0 N–H and O–H groups in total. The van der Waals surface area contributed by atoms with Crippen molar-refractivity contribution in [2.75, 3.05) is 0 Å². The molecular weight excluding hydrogens is 1100 g/mol. The van der Waals surface area contributed by atoms with Gasteiger partial charge in [-0.2, -0.15) is 0 Å². The van der Waals surface area contributed by atoms with Gasteiger partial charge >= 0.3 is 0 Å². The fourth-order valence-electron chi connectivity index (χ4n) is 24.6. The zero-order chi connectivity index (χ0) is 57.5. The Bertz CT molecular complexity index is 6590. The normalized spacial score (nSPS) is 27.3. The number of aromatic nitrogens is 6. The summed E-state index contributed by atoms with van der Waals surface area (Å²) in [5, 5.41) is 10.9. The van der Waals surface area contributed by atoms with E-state index < -0.39 is 0 Å². The minimum Gasteiger partial charge on any atom is -0.305 e. The second-order valence-corrected chi connectivity index (χ2v) is 29.0. The molecule has 6 nitrogen and oxygen atoms in total. The summed E-state index contributed by atoms with van der Waals surface area (Å²) in [6.45, 7) is 0. The van der Waals surface area contributed by atoms with E-state index in [9.17, 15) is 0 Å². The maximum atomic E-state index is 5.93. The molecule has 6 heteroatoms. The van der Waals surface area contributed by atoms with Gasteiger partial charge in [-0.3, -0.25) is 19.9 Å². The molecule has 91 heavy (non-hydrogen) atoms. The van der Waals surface area contributed by atoms with Crippen molar-refractivity contribution in [2.24, 2.45) is 0 Å². The minimum absolute atomic E-state index is 0.00651. The second-order valence-electron chi connectivity index (χ2n) is 29.0. The lowest BCUT2D eigenvalue weighted by Gasteiger charge is -2.58. The van der Waals surface area contributed by atoms with Crippen molar-refractivity contribution in [3.05, 3.63) is 353 Å². The van der Waals surface area contributed by atoms with Crippen LogP contribution in [0.1, 0.15) is 181 Å². The van der Waals surface area contributed by atoms with Gasteiger partial charge in [-0.15, -0.1) is 0 Å². The van der Waals surface area contributed by atoms with Crippen LogP contribution in [0.2, 0.25) is 0 Å². The molecule has 9 atom stereocenters. The summed E-state index contributed by atoms with van der Waals surface area (Å²) in [5.41, 5.74) is 40.5. The van der Waals surface area contributed by atoms with Crippen molar-refractivity contribution < 1.29 is 0 Å². The zero-order valence-electron chi connectivity index (χ0n) is 48.6. The number of rotatable bonds is 0. The number of benzene rings is 9. The third-order valence-electron chi connectivity index (χ3n) is 26.9. The quantitative estimate of drug-likeness (QED) is 0.152. The van der Waals surface area contributed by atoms with E-state index in [1.807, 2.05) is 0 Å². The Balaban J connectivity index is 0.893. The summed E-state index contributed by atoms with van der Waals surface area (Å²) in [4.78, 5) is 23.7. The highest BCUT2D eigenvalue weighted by Gasteiger charge is 2.73. The smallest absolute Gasteiger partial charge is 0.0729 e. The van der Waals surface area contributed by atoms with Crippen LogP contribution < -0.4 is 0 Å². The second kappa shape index (κ2) is 13.2. The van der Waals surface area contributed by atoms with E-state index in [1.54, 1.807) is 0 Å². The predicted octanol–water partition coefficient (Wildman–Crippen LogP) is 17.2. The summed E-state index contributed by atoms with van der Waals surface area (Å²) >= 11 is 0. The van der Waals surface area contributed by atoms with Crippen LogP contribution in [0.15, 0.2) is 219 Å². The predicted molar refractivity (Wildman–Crippen MR) is 354 cm³/mol. The average molecular weight is 1150 g/mol. The number of pyridine rings is 4. The van der Waals surface area contributed by atoms with Gasteiger partial charge in [-0.25, -0.2) is 0 Å². The molecule has 12 aliphatic rings.